The maximum Gasteiger partial charge on any atom is 0.107 e. The molecule has 0 fully saturated rings. The minimum absolute atomic E-state index is 0.603. The smallest absolute Gasteiger partial charge is 0.107 e. The van der Waals surface area contributed by atoms with Gasteiger partial charge in [-0.2, -0.15) is 0 Å². The summed E-state index contributed by atoms with van der Waals surface area (Å²) in [6.07, 6.45) is 3.67. The van der Waals surface area contributed by atoms with Crippen LogP contribution < -0.4 is 5.73 Å². The third kappa shape index (κ3) is 1.39. The molecular weight excluding hydrogens is 168 g/mol. The number of aryl methyl sites for hydroxylation is 1. The van der Waals surface area contributed by atoms with Crippen molar-refractivity contribution >= 4 is 11.3 Å². The van der Waals surface area contributed by atoms with Crippen molar-refractivity contribution in [1.82, 2.24) is 4.98 Å². The van der Waals surface area contributed by atoms with Gasteiger partial charge >= 0.3 is 0 Å². The van der Waals surface area contributed by atoms with E-state index >= 15 is 0 Å². The summed E-state index contributed by atoms with van der Waals surface area (Å²) in [7, 11) is 0. The highest BCUT2D eigenvalue weighted by atomic mass is 32.1. The van der Waals surface area contributed by atoms with Crippen LogP contribution >= 0.6 is 11.3 Å². The zero-order valence-corrected chi connectivity index (χ0v) is 8.16. The summed E-state index contributed by atoms with van der Waals surface area (Å²) < 4.78 is 0. The summed E-state index contributed by atoms with van der Waals surface area (Å²) in [6, 6.07) is 0. The molecular formula is C9H14N2S. The Morgan fingerprint density at radius 2 is 2.50 bits per heavy atom. The second kappa shape index (κ2) is 3.15. The van der Waals surface area contributed by atoms with E-state index in [1.807, 2.05) is 0 Å². The first-order valence-electron chi connectivity index (χ1n) is 4.47. The molecule has 1 aromatic rings. The van der Waals surface area contributed by atoms with Crippen LogP contribution in [0, 0.1) is 5.92 Å². The predicted octanol–water partition coefficient (Wildman–Crippen LogP) is 1.73. The second-order valence-electron chi connectivity index (χ2n) is 3.53. The quantitative estimate of drug-likeness (QED) is 0.718. The fourth-order valence-electron chi connectivity index (χ4n) is 1.68. The molecule has 0 aliphatic heterocycles. The van der Waals surface area contributed by atoms with E-state index in [-0.39, 0.29) is 0 Å². The van der Waals surface area contributed by atoms with Crippen molar-refractivity contribution in [2.75, 3.05) is 0 Å². The Kier molecular flexibility index (Phi) is 2.15. The Labute approximate surface area is 76.8 Å². The van der Waals surface area contributed by atoms with Gasteiger partial charge in [-0.25, -0.2) is 4.98 Å². The molecule has 1 aliphatic rings. The van der Waals surface area contributed by atoms with Gasteiger partial charge in [-0.3, -0.25) is 0 Å². The van der Waals surface area contributed by atoms with Gasteiger partial charge in [0.1, 0.15) is 5.01 Å². The highest BCUT2D eigenvalue weighted by Gasteiger charge is 2.18. The molecule has 0 aromatic carbocycles. The number of hydrogen-bond donors (Lipinski definition) is 1. The van der Waals surface area contributed by atoms with Crippen LogP contribution in [0.4, 0.5) is 0 Å². The molecule has 1 heterocycles. The van der Waals surface area contributed by atoms with Crippen molar-refractivity contribution in [3.8, 4) is 0 Å². The van der Waals surface area contributed by atoms with Crippen molar-refractivity contribution in [3.63, 3.8) is 0 Å². The molecule has 66 valence electrons. The van der Waals surface area contributed by atoms with Crippen LogP contribution in [0.25, 0.3) is 0 Å². The van der Waals surface area contributed by atoms with Gasteiger partial charge in [-0.15, -0.1) is 11.3 Å². The van der Waals surface area contributed by atoms with Crippen LogP contribution in [0.5, 0.6) is 0 Å². The lowest BCUT2D eigenvalue weighted by Gasteiger charge is -2.15. The van der Waals surface area contributed by atoms with E-state index in [4.69, 9.17) is 5.73 Å². The average molecular weight is 182 g/mol. The largest absolute Gasteiger partial charge is 0.325 e. The van der Waals surface area contributed by atoms with Crippen LogP contribution in [0.2, 0.25) is 0 Å². The summed E-state index contributed by atoms with van der Waals surface area (Å²) in [4.78, 5) is 5.98. The van der Waals surface area contributed by atoms with Crippen molar-refractivity contribution in [3.05, 3.63) is 15.6 Å². The van der Waals surface area contributed by atoms with Gasteiger partial charge in [0.25, 0.3) is 0 Å². The molecule has 1 atom stereocenters. The summed E-state index contributed by atoms with van der Waals surface area (Å²) >= 11 is 1.80. The zero-order chi connectivity index (χ0) is 8.55. The van der Waals surface area contributed by atoms with Crippen molar-refractivity contribution in [2.24, 2.45) is 11.7 Å². The first-order valence-corrected chi connectivity index (χ1v) is 5.28. The number of aromatic nitrogens is 1. The third-order valence-corrected chi connectivity index (χ3v) is 3.55. The number of rotatable bonds is 1. The van der Waals surface area contributed by atoms with Crippen molar-refractivity contribution < 1.29 is 0 Å². The van der Waals surface area contributed by atoms with E-state index < -0.39 is 0 Å². The lowest BCUT2D eigenvalue weighted by molar-refractivity contribution is 0.501. The summed E-state index contributed by atoms with van der Waals surface area (Å²) in [5, 5.41) is 1.11. The molecule has 0 saturated carbocycles. The number of hydrogen-bond acceptors (Lipinski definition) is 3. The van der Waals surface area contributed by atoms with Crippen LogP contribution in [0.3, 0.4) is 0 Å². The number of nitrogens with zero attached hydrogens (tertiary/aromatic N) is 1. The Morgan fingerprint density at radius 3 is 3.25 bits per heavy atom. The van der Waals surface area contributed by atoms with Crippen LogP contribution in [0.1, 0.15) is 28.9 Å². The van der Waals surface area contributed by atoms with E-state index in [0.29, 0.717) is 6.54 Å². The van der Waals surface area contributed by atoms with Gasteiger partial charge in [-0.1, -0.05) is 6.92 Å². The fourth-order valence-corrected chi connectivity index (χ4v) is 2.84. The molecule has 12 heavy (non-hydrogen) atoms. The second-order valence-corrected chi connectivity index (χ2v) is 4.70. The van der Waals surface area contributed by atoms with Gasteiger partial charge in [0, 0.05) is 11.4 Å². The molecule has 2 rings (SSSR count). The van der Waals surface area contributed by atoms with Crippen molar-refractivity contribution in [1.29, 1.82) is 0 Å². The van der Waals surface area contributed by atoms with E-state index in [1.54, 1.807) is 11.3 Å². The number of nitrogens with two attached hydrogens (primary N) is 1. The highest BCUT2D eigenvalue weighted by molar-refractivity contribution is 7.11. The number of thiazole rings is 1. The van der Waals surface area contributed by atoms with Gasteiger partial charge < -0.3 is 5.73 Å². The van der Waals surface area contributed by atoms with Gasteiger partial charge in [0.15, 0.2) is 0 Å². The molecule has 0 radical (unpaired) electrons. The molecule has 2 nitrogen and oxygen atoms in total. The standard InChI is InChI=1S/C9H14N2S/c1-6-2-3-7-8(4-6)12-9(5-10)11-7/h6H,2-5,10H2,1H3. The average Bonchev–Trinajstić information content (AvgIpc) is 2.46. The molecule has 0 amide bonds. The monoisotopic (exact) mass is 182 g/mol. The number of fused-ring (bicyclic) bond motifs is 1. The van der Waals surface area contributed by atoms with E-state index in [2.05, 4.69) is 11.9 Å². The van der Waals surface area contributed by atoms with Crippen LogP contribution in [-0.4, -0.2) is 4.98 Å². The summed E-state index contributed by atoms with van der Waals surface area (Å²) in [5.74, 6) is 0.837. The van der Waals surface area contributed by atoms with Crippen molar-refractivity contribution in [2.45, 2.75) is 32.7 Å². The van der Waals surface area contributed by atoms with E-state index in [1.165, 1.54) is 23.4 Å². The van der Waals surface area contributed by atoms with E-state index in [9.17, 15) is 0 Å². The van der Waals surface area contributed by atoms with Gasteiger partial charge in [0.05, 0.1) is 5.69 Å². The Bertz CT molecular complexity index is 280. The lowest BCUT2D eigenvalue weighted by atomic mass is 9.93. The topological polar surface area (TPSA) is 38.9 Å². The Hall–Kier alpha value is -0.410. The Balaban J connectivity index is 2.28. The zero-order valence-electron chi connectivity index (χ0n) is 7.34. The molecule has 2 N–H and O–H groups in total. The summed E-state index contributed by atoms with van der Waals surface area (Å²) in [6.45, 7) is 2.91. The van der Waals surface area contributed by atoms with Crippen LogP contribution in [0.15, 0.2) is 0 Å². The van der Waals surface area contributed by atoms with Gasteiger partial charge in [-0.05, 0) is 25.2 Å². The molecule has 0 saturated heterocycles. The maximum atomic E-state index is 5.54. The van der Waals surface area contributed by atoms with Gasteiger partial charge in [0.2, 0.25) is 0 Å². The lowest BCUT2D eigenvalue weighted by Crippen LogP contribution is -2.09. The molecule has 1 aliphatic carbocycles. The summed E-state index contributed by atoms with van der Waals surface area (Å²) in [5.41, 5.74) is 6.86. The molecule has 0 spiro atoms. The first kappa shape index (κ1) is 8.20. The normalized spacial score (nSPS) is 22.3. The molecule has 3 heteroatoms. The minimum Gasteiger partial charge on any atom is -0.325 e. The minimum atomic E-state index is 0.603. The molecule has 1 unspecified atom stereocenters. The highest BCUT2D eigenvalue weighted by Crippen LogP contribution is 2.29. The SMILES string of the molecule is CC1CCc2nc(CN)sc2C1. The van der Waals surface area contributed by atoms with Crippen LogP contribution in [-0.2, 0) is 19.4 Å². The first-order chi connectivity index (χ1) is 5.79. The predicted molar refractivity (Wildman–Crippen MR) is 51.2 cm³/mol. The molecule has 1 aromatic heterocycles. The third-order valence-electron chi connectivity index (χ3n) is 2.40. The molecule has 0 bridgehead atoms. The fraction of sp³-hybridized carbons (Fsp3) is 0.667. The Morgan fingerprint density at radius 1 is 1.67 bits per heavy atom. The van der Waals surface area contributed by atoms with E-state index in [0.717, 1.165) is 17.3 Å². The maximum absolute atomic E-state index is 5.54.